The number of pyridine rings is 1. The zero-order valence-corrected chi connectivity index (χ0v) is 10.1. The van der Waals surface area contributed by atoms with Crippen molar-refractivity contribution in [3.63, 3.8) is 0 Å². The lowest BCUT2D eigenvalue weighted by molar-refractivity contribution is 0.585. The molecule has 0 spiro atoms. The molecule has 2 aromatic heterocycles. The van der Waals surface area contributed by atoms with Crippen LogP contribution in [0.2, 0.25) is 0 Å². The van der Waals surface area contributed by atoms with Crippen LogP contribution in [0.5, 0.6) is 0 Å². The first-order valence-electron chi connectivity index (χ1n) is 6.12. The summed E-state index contributed by atoms with van der Waals surface area (Å²) >= 11 is 0. The maximum Gasteiger partial charge on any atom is 0.155 e. The number of hydrogen-bond donors (Lipinski definition) is 1. The smallest absolute Gasteiger partial charge is 0.155 e. The minimum absolute atomic E-state index is 0.932. The molecule has 3 heterocycles. The molecule has 5 heteroatoms. The minimum Gasteiger partial charge on any atom is -0.352 e. The molecule has 1 aliphatic heterocycles. The molecule has 18 heavy (non-hydrogen) atoms. The summed E-state index contributed by atoms with van der Waals surface area (Å²) in [7, 11) is 0. The van der Waals surface area contributed by atoms with E-state index in [4.69, 9.17) is 0 Å². The molecule has 0 radical (unpaired) electrons. The number of nitrogens with zero attached hydrogens (tertiary/aromatic N) is 4. The highest BCUT2D eigenvalue weighted by molar-refractivity contribution is 5.71. The van der Waals surface area contributed by atoms with Crippen molar-refractivity contribution < 1.29 is 0 Å². The number of hydrogen-bond acceptors (Lipinski definition) is 5. The summed E-state index contributed by atoms with van der Waals surface area (Å²) in [6, 6.07) is 3.94. The van der Waals surface area contributed by atoms with E-state index in [1.165, 1.54) is 0 Å². The third-order valence-corrected chi connectivity index (χ3v) is 3.05. The van der Waals surface area contributed by atoms with E-state index in [0.29, 0.717) is 0 Å². The van der Waals surface area contributed by atoms with E-state index in [1.807, 2.05) is 12.1 Å². The SMILES string of the molecule is c1cc(-c2nccnc2N2CCNCC2)ccn1. The molecule has 1 saturated heterocycles. The van der Waals surface area contributed by atoms with Crippen LogP contribution < -0.4 is 10.2 Å². The van der Waals surface area contributed by atoms with Gasteiger partial charge in [-0.15, -0.1) is 0 Å². The Kier molecular flexibility index (Phi) is 3.14. The van der Waals surface area contributed by atoms with E-state index in [0.717, 1.165) is 43.3 Å². The summed E-state index contributed by atoms with van der Waals surface area (Å²) in [5.41, 5.74) is 1.99. The fraction of sp³-hybridized carbons (Fsp3) is 0.308. The van der Waals surface area contributed by atoms with Gasteiger partial charge in [0.25, 0.3) is 0 Å². The van der Waals surface area contributed by atoms with Gasteiger partial charge in [-0.3, -0.25) is 9.97 Å². The average molecular weight is 241 g/mol. The van der Waals surface area contributed by atoms with Gasteiger partial charge in [0.2, 0.25) is 0 Å². The van der Waals surface area contributed by atoms with E-state index >= 15 is 0 Å². The Bertz CT molecular complexity index is 508. The molecular formula is C13H15N5. The van der Waals surface area contributed by atoms with Gasteiger partial charge in [-0.25, -0.2) is 4.98 Å². The number of nitrogens with one attached hydrogen (secondary N) is 1. The number of rotatable bonds is 2. The molecule has 0 unspecified atom stereocenters. The highest BCUT2D eigenvalue weighted by atomic mass is 15.2. The second kappa shape index (κ2) is 5.10. The second-order valence-electron chi connectivity index (χ2n) is 4.20. The highest BCUT2D eigenvalue weighted by Gasteiger charge is 2.16. The van der Waals surface area contributed by atoms with Crippen molar-refractivity contribution in [1.29, 1.82) is 0 Å². The van der Waals surface area contributed by atoms with Crippen LogP contribution in [-0.4, -0.2) is 41.1 Å². The molecular weight excluding hydrogens is 226 g/mol. The zero-order valence-electron chi connectivity index (χ0n) is 10.1. The predicted molar refractivity (Wildman–Crippen MR) is 70.3 cm³/mol. The van der Waals surface area contributed by atoms with Crippen molar-refractivity contribution in [1.82, 2.24) is 20.3 Å². The maximum absolute atomic E-state index is 4.49. The van der Waals surface area contributed by atoms with Crippen molar-refractivity contribution in [3.05, 3.63) is 36.9 Å². The van der Waals surface area contributed by atoms with Crippen molar-refractivity contribution in [2.75, 3.05) is 31.1 Å². The lowest BCUT2D eigenvalue weighted by Crippen LogP contribution is -2.44. The number of anilines is 1. The van der Waals surface area contributed by atoms with Gasteiger partial charge in [0.05, 0.1) is 0 Å². The van der Waals surface area contributed by atoms with Crippen LogP contribution in [0.3, 0.4) is 0 Å². The largest absolute Gasteiger partial charge is 0.352 e. The van der Waals surface area contributed by atoms with E-state index in [9.17, 15) is 0 Å². The Morgan fingerprint density at radius 2 is 1.67 bits per heavy atom. The van der Waals surface area contributed by atoms with Gasteiger partial charge in [0.1, 0.15) is 5.69 Å². The summed E-state index contributed by atoms with van der Waals surface area (Å²) in [6.07, 6.45) is 7.06. The first kappa shape index (κ1) is 11.1. The van der Waals surface area contributed by atoms with Gasteiger partial charge in [0.15, 0.2) is 5.82 Å². The van der Waals surface area contributed by atoms with Gasteiger partial charge in [-0.2, -0.15) is 0 Å². The van der Waals surface area contributed by atoms with Crippen LogP contribution in [0.4, 0.5) is 5.82 Å². The van der Waals surface area contributed by atoms with E-state index in [2.05, 4.69) is 25.2 Å². The third kappa shape index (κ3) is 2.17. The molecule has 0 saturated carbocycles. The van der Waals surface area contributed by atoms with Crippen LogP contribution >= 0.6 is 0 Å². The fourth-order valence-corrected chi connectivity index (χ4v) is 2.15. The molecule has 0 aromatic carbocycles. The Morgan fingerprint density at radius 3 is 2.44 bits per heavy atom. The van der Waals surface area contributed by atoms with E-state index < -0.39 is 0 Å². The third-order valence-electron chi connectivity index (χ3n) is 3.05. The first-order valence-corrected chi connectivity index (χ1v) is 6.12. The van der Waals surface area contributed by atoms with Crippen LogP contribution in [-0.2, 0) is 0 Å². The van der Waals surface area contributed by atoms with Gasteiger partial charge >= 0.3 is 0 Å². The van der Waals surface area contributed by atoms with Crippen LogP contribution in [0, 0.1) is 0 Å². The van der Waals surface area contributed by atoms with Crippen molar-refractivity contribution in [3.8, 4) is 11.3 Å². The molecule has 0 aliphatic carbocycles. The van der Waals surface area contributed by atoms with Gasteiger partial charge in [-0.1, -0.05) is 0 Å². The second-order valence-corrected chi connectivity index (χ2v) is 4.20. The van der Waals surface area contributed by atoms with Crippen molar-refractivity contribution in [2.24, 2.45) is 0 Å². The van der Waals surface area contributed by atoms with E-state index in [1.54, 1.807) is 24.8 Å². The lowest BCUT2D eigenvalue weighted by Gasteiger charge is -2.29. The van der Waals surface area contributed by atoms with Gasteiger partial charge in [-0.05, 0) is 12.1 Å². The van der Waals surface area contributed by atoms with Gasteiger partial charge in [0, 0.05) is 56.5 Å². The summed E-state index contributed by atoms with van der Waals surface area (Å²) in [5, 5.41) is 3.34. The Hall–Kier alpha value is -2.01. The summed E-state index contributed by atoms with van der Waals surface area (Å²) in [5.74, 6) is 0.963. The normalized spacial score (nSPS) is 15.7. The molecule has 1 fully saturated rings. The van der Waals surface area contributed by atoms with Crippen LogP contribution in [0.15, 0.2) is 36.9 Å². The highest BCUT2D eigenvalue weighted by Crippen LogP contribution is 2.25. The van der Waals surface area contributed by atoms with Crippen LogP contribution in [0.25, 0.3) is 11.3 Å². The monoisotopic (exact) mass is 241 g/mol. The van der Waals surface area contributed by atoms with Gasteiger partial charge < -0.3 is 10.2 Å². The predicted octanol–water partition coefficient (Wildman–Crippen LogP) is 0.948. The van der Waals surface area contributed by atoms with Crippen LogP contribution in [0.1, 0.15) is 0 Å². The Labute approximate surface area is 106 Å². The molecule has 0 atom stereocenters. The minimum atomic E-state index is 0.932. The molecule has 92 valence electrons. The summed E-state index contributed by atoms with van der Waals surface area (Å²) in [6.45, 7) is 3.92. The average Bonchev–Trinajstić information content (AvgIpc) is 2.49. The molecule has 1 aliphatic rings. The zero-order chi connectivity index (χ0) is 12.2. The van der Waals surface area contributed by atoms with E-state index in [-0.39, 0.29) is 0 Å². The Morgan fingerprint density at radius 1 is 0.944 bits per heavy atom. The molecule has 2 aromatic rings. The maximum atomic E-state index is 4.49. The topological polar surface area (TPSA) is 53.9 Å². The molecule has 3 rings (SSSR count). The first-order chi connectivity index (χ1) is 8.95. The molecule has 5 nitrogen and oxygen atoms in total. The molecule has 0 amide bonds. The standard InChI is InChI=1S/C13H15N5/c1-3-14-4-2-11(1)12-13(17-6-5-16-12)18-9-7-15-8-10-18/h1-6,15H,7-10H2. The lowest BCUT2D eigenvalue weighted by atomic mass is 10.2. The number of piperazine rings is 1. The van der Waals surface area contributed by atoms with Crippen molar-refractivity contribution >= 4 is 5.82 Å². The Balaban J connectivity index is 1.99. The fourth-order valence-electron chi connectivity index (χ4n) is 2.15. The van der Waals surface area contributed by atoms with Crippen molar-refractivity contribution in [2.45, 2.75) is 0 Å². The molecule has 0 bridgehead atoms. The summed E-state index contributed by atoms with van der Waals surface area (Å²) < 4.78 is 0. The quantitative estimate of drug-likeness (QED) is 0.848. The molecule has 1 N–H and O–H groups in total. The number of aromatic nitrogens is 3. The summed E-state index contributed by atoms with van der Waals surface area (Å²) in [4.78, 5) is 15.3.